The average molecular weight is 682 g/mol. The van der Waals surface area contributed by atoms with Crippen LogP contribution >= 0.6 is 0 Å². The molecule has 48 heavy (non-hydrogen) atoms. The second-order valence-corrected chi connectivity index (χ2v) is 10.4. The molecule has 1 fully saturated rings. The fourth-order valence-electron chi connectivity index (χ4n) is 4.73. The molecule has 0 radical (unpaired) electrons. The standard InChI is InChI=1S/C32H47N3O13/c1-2-48-28(37)8-10-41-12-14-43-16-18-45-20-22-47-23-21-46-19-17-44-15-13-42-11-9-33-25-5-3-4-24-29(25)32(40)35(31(24)39)26-6-7-27(36)34-30(26)38/h3-5,26,33H,2,6-23H2,1H3,(H,34,36,38). The van der Waals surface area contributed by atoms with E-state index >= 15 is 0 Å². The molecular formula is C32H47N3O13. The molecule has 0 aromatic heterocycles. The first-order valence-electron chi connectivity index (χ1n) is 16.2. The van der Waals surface area contributed by atoms with Crippen molar-refractivity contribution >= 4 is 35.3 Å². The maximum absolute atomic E-state index is 13.1. The highest BCUT2D eigenvalue weighted by molar-refractivity contribution is 6.25. The van der Waals surface area contributed by atoms with Crippen molar-refractivity contribution in [3.63, 3.8) is 0 Å². The fourth-order valence-corrected chi connectivity index (χ4v) is 4.73. The van der Waals surface area contributed by atoms with Crippen molar-refractivity contribution in [1.29, 1.82) is 0 Å². The maximum atomic E-state index is 13.1. The second kappa shape index (κ2) is 23.0. The summed E-state index contributed by atoms with van der Waals surface area (Å²) in [7, 11) is 0. The van der Waals surface area contributed by atoms with Crippen molar-refractivity contribution in [1.82, 2.24) is 10.2 Å². The third-order valence-corrected chi connectivity index (χ3v) is 7.02. The molecule has 1 atom stereocenters. The molecule has 16 heteroatoms. The molecule has 3 rings (SSSR count). The van der Waals surface area contributed by atoms with Crippen LogP contribution in [0.4, 0.5) is 5.69 Å². The molecule has 0 spiro atoms. The first kappa shape index (κ1) is 38.9. The highest BCUT2D eigenvalue weighted by Gasteiger charge is 2.45. The smallest absolute Gasteiger partial charge is 0.308 e. The van der Waals surface area contributed by atoms with Gasteiger partial charge in [0.1, 0.15) is 6.04 Å². The zero-order valence-electron chi connectivity index (χ0n) is 27.5. The second-order valence-electron chi connectivity index (χ2n) is 10.4. The van der Waals surface area contributed by atoms with Crippen LogP contribution in [0.3, 0.4) is 0 Å². The van der Waals surface area contributed by atoms with E-state index in [1.54, 1.807) is 25.1 Å². The summed E-state index contributed by atoms with van der Waals surface area (Å²) in [5.74, 6) is -2.44. The van der Waals surface area contributed by atoms with Crippen LogP contribution < -0.4 is 10.6 Å². The van der Waals surface area contributed by atoms with Crippen LogP contribution in [0.2, 0.25) is 0 Å². The van der Waals surface area contributed by atoms with Crippen molar-refractivity contribution in [3.05, 3.63) is 29.3 Å². The Kier molecular flexibility index (Phi) is 18.6. The number of piperidine rings is 1. The van der Waals surface area contributed by atoms with Gasteiger partial charge in [-0.05, 0) is 25.5 Å². The van der Waals surface area contributed by atoms with Crippen molar-refractivity contribution in [2.75, 3.05) is 111 Å². The molecule has 2 aliphatic heterocycles. The summed E-state index contributed by atoms with van der Waals surface area (Å²) < 4.78 is 42.9. The van der Waals surface area contributed by atoms with Crippen LogP contribution in [0.25, 0.3) is 0 Å². The van der Waals surface area contributed by atoms with E-state index in [1.807, 2.05) is 0 Å². The normalized spacial score (nSPS) is 15.9. The Morgan fingerprint density at radius 3 is 1.79 bits per heavy atom. The number of ether oxygens (including phenoxy) is 8. The molecule has 16 nitrogen and oxygen atoms in total. The molecule has 2 N–H and O–H groups in total. The number of esters is 1. The van der Waals surface area contributed by atoms with E-state index in [4.69, 9.17) is 37.9 Å². The molecule has 268 valence electrons. The van der Waals surface area contributed by atoms with Gasteiger partial charge in [-0.3, -0.25) is 34.2 Å². The van der Waals surface area contributed by atoms with E-state index < -0.39 is 29.7 Å². The quantitative estimate of drug-likeness (QED) is 0.0746. The number of carbonyl (C=O) groups excluding carboxylic acids is 5. The number of carbonyl (C=O) groups is 5. The lowest BCUT2D eigenvalue weighted by Gasteiger charge is -2.27. The van der Waals surface area contributed by atoms with Crippen LogP contribution in [0.1, 0.15) is 46.9 Å². The number of fused-ring (bicyclic) bond motifs is 1. The van der Waals surface area contributed by atoms with E-state index in [0.29, 0.717) is 111 Å². The minimum Gasteiger partial charge on any atom is -0.466 e. The van der Waals surface area contributed by atoms with Gasteiger partial charge in [0, 0.05) is 18.7 Å². The molecule has 1 aromatic rings. The van der Waals surface area contributed by atoms with Crippen LogP contribution in [0, 0.1) is 0 Å². The monoisotopic (exact) mass is 681 g/mol. The number of nitrogens with one attached hydrogen (secondary N) is 2. The molecule has 1 aromatic carbocycles. The number of hydrogen-bond acceptors (Lipinski definition) is 14. The van der Waals surface area contributed by atoms with E-state index in [1.165, 1.54) is 0 Å². The van der Waals surface area contributed by atoms with Crippen molar-refractivity contribution < 1.29 is 61.9 Å². The summed E-state index contributed by atoms with van der Waals surface area (Å²) in [5, 5.41) is 5.32. The minimum absolute atomic E-state index is 0.0647. The van der Waals surface area contributed by atoms with Crippen molar-refractivity contribution in [2.45, 2.75) is 32.2 Å². The van der Waals surface area contributed by atoms with E-state index in [9.17, 15) is 24.0 Å². The molecule has 2 heterocycles. The number of anilines is 1. The highest BCUT2D eigenvalue weighted by Crippen LogP contribution is 2.32. The van der Waals surface area contributed by atoms with Gasteiger partial charge in [-0.15, -0.1) is 0 Å². The lowest BCUT2D eigenvalue weighted by Crippen LogP contribution is -2.54. The maximum Gasteiger partial charge on any atom is 0.308 e. The summed E-state index contributed by atoms with van der Waals surface area (Å²) in [6.45, 7) is 8.28. The molecule has 1 unspecified atom stereocenters. The highest BCUT2D eigenvalue weighted by atomic mass is 16.6. The Balaban J connectivity index is 1.09. The number of nitrogens with zero attached hydrogens (tertiary/aromatic N) is 1. The zero-order chi connectivity index (χ0) is 34.4. The predicted octanol–water partition coefficient (Wildman–Crippen LogP) is 0.569. The topological polar surface area (TPSA) is 186 Å². The Hall–Kier alpha value is -3.51. The van der Waals surface area contributed by atoms with E-state index in [-0.39, 0.29) is 36.4 Å². The Morgan fingerprint density at radius 1 is 0.750 bits per heavy atom. The van der Waals surface area contributed by atoms with Gasteiger partial charge < -0.3 is 43.2 Å². The van der Waals surface area contributed by atoms with Crippen LogP contribution in [0.5, 0.6) is 0 Å². The average Bonchev–Trinajstić information content (AvgIpc) is 3.32. The van der Waals surface area contributed by atoms with Crippen molar-refractivity contribution in [3.8, 4) is 0 Å². The zero-order valence-corrected chi connectivity index (χ0v) is 27.5. The fraction of sp³-hybridized carbons (Fsp3) is 0.656. The Labute approximate surface area is 279 Å². The summed E-state index contributed by atoms with van der Waals surface area (Å²) >= 11 is 0. The number of imide groups is 2. The number of hydrogen-bond donors (Lipinski definition) is 2. The molecular weight excluding hydrogens is 634 g/mol. The SMILES string of the molecule is CCOC(=O)CCOCCOCCOCCOCCOCCOCCOCCNc1cccc2c1C(=O)N(C1CCC(=O)NC1=O)C2=O. The summed E-state index contributed by atoms with van der Waals surface area (Å²) in [6, 6.07) is 3.89. The van der Waals surface area contributed by atoms with Gasteiger partial charge in [0.25, 0.3) is 11.8 Å². The van der Waals surface area contributed by atoms with E-state index in [0.717, 1.165) is 4.90 Å². The van der Waals surface area contributed by atoms with E-state index in [2.05, 4.69) is 10.6 Å². The number of rotatable bonds is 27. The summed E-state index contributed by atoms with van der Waals surface area (Å²) in [4.78, 5) is 61.9. The largest absolute Gasteiger partial charge is 0.466 e. The van der Waals surface area contributed by atoms with Gasteiger partial charge >= 0.3 is 5.97 Å². The Bertz CT molecular complexity index is 1180. The molecule has 0 bridgehead atoms. The van der Waals surface area contributed by atoms with Crippen LogP contribution in [0.15, 0.2) is 18.2 Å². The molecule has 2 aliphatic rings. The van der Waals surface area contributed by atoms with Gasteiger partial charge in [0.2, 0.25) is 11.8 Å². The van der Waals surface area contributed by atoms with Crippen LogP contribution in [-0.2, 0) is 52.3 Å². The summed E-state index contributed by atoms with van der Waals surface area (Å²) in [6.07, 6.45) is 0.405. The number of benzene rings is 1. The first-order chi connectivity index (χ1) is 23.4. The third-order valence-electron chi connectivity index (χ3n) is 7.02. The molecule has 0 saturated carbocycles. The lowest BCUT2D eigenvalue weighted by molar-refractivity contribution is -0.144. The molecule has 4 amide bonds. The van der Waals surface area contributed by atoms with Gasteiger partial charge in [-0.1, -0.05) is 6.07 Å². The van der Waals surface area contributed by atoms with Gasteiger partial charge in [-0.2, -0.15) is 0 Å². The van der Waals surface area contributed by atoms with Gasteiger partial charge in [0.15, 0.2) is 0 Å². The van der Waals surface area contributed by atoms with Gasteiger partial charge in [-0.25, -0.2) is 0 Å². The van der Waals surface area contributed by atoms with Crippen molar-refractivity contribution in [2.24, 2.45) is 0 Å². The molecule has 0 aliphatic carbocycles. The van der Waals surface area contributed by atoms with Crippen LogP contribution in [-0.4, -0.2) is 146 Å². The number of amides is 4. The molecule has 1 saturated heterocycles. The van der Waals surface area contributed by atoms with Gasteiger partial charge in [0.05, 0.1) is 117 Å². The Morgan fingerprint density at radius 2 is 1.27 bits per heavy atom. The lowest BCUT2D eigenvalue weighted by atomic mass is 10.0. The summed E-state index contributed by atoms with van der Waals surface area (Å²) in [5.41, 5.74) is 0.900. The third kappa shape index (κ3) is 13.5. The predicted molar refractivity (Wildman–Crippen MR) is 169 cm³/mol. The minimum atomic E-state index is -1.01. The first-order valence-corrected chi connectivity index (χ1v) is 16.2.